The van der Waals surface area contributed by atoms with Gasteiger partial charge >= 0.3 is 0 Å². The van der Waals surface area contributed by atoms with Crippen molar-refractivity contribution in [3.05, 3.63) is 87.7 Å². The van der Waals surface area contributed by atoms with Gasteiger partial charge in [-0.15, -0.1) is 0 Å². The maximum absolute atomic E-state index is 12.9. The number of nitrogens with one attached hydrogen (secondary N) is 1. The van der Waals surface area contributed by atoms with E-state index in [0.717, 1.165) is 30.9 Å². The molecule has 6 nitrogen and oxygen atoms in total. The summed E-state index contributed by atoms with van der Waals surface area (Å²) in [6.45, 7) is 4.00. The van der Waals surface area contributed by atoms with Crippen molar-refractivity contribution in [2.45, 2.75) is 0 Å². The molecular weight excluding hydrogens is 414 g/mol. The van der Waals surface area contributed by atoms with Crippen LogP contribution in [0.1, 0.15) is 10.4 Å². The molecule has 0 atom stereocenters. The monoisotopic (exact) mass is 437 g/mol. The zero-order valence-electron chi connectivity index (χ0n) is 17.1. The Labute approximate surface area is 186 Å². The molecule has 0 radical (unpaired) electrons. The first-order chi connectivity index (χ1) is 15.1. The fourth-order valence-electron chi connectivity index (χ4n) is 3.60. The normalized spacial score (nSPS) is 14.4. The number of piperazine rings is 1. The van der Waals surface area contributed by atoms with Crippen molar-refractivity contribution in [1.82, 2.24) is 14.8 Å². The molecule has 0 saturated carbocycles. The van der Waals surface area contributed by atoms with Crippen LogP contribution in [0.3, 0.4) is 0 Å². The van der Waals surface area contributed by atoms with Gasteiger partial charge in [0.15, 0.2) is 0 Å². The zero-order valence-corrected chi connectivity index (χ0v) is 17.8. The number of hydrogen-bond donors (Lipinski definition) is 1. The fraction of sp³-hybridized carbons (Fsp3) is 0.250. The zero-order chi connectivity index (χ0) is 21.6. The highest BCUT2D eigenvalue weighted by Crippen LogP contribution is 2.17. The number of halogens is 1. The van der Waals surface area contributed by atoms with Crippen LogP contribution in [-0.2, 0) is 0 Å². The van der Waals surface area contributed by atoms with E-state index in [1.807, 2.05) is 42.5 Å². The average molecular weight is 438 g/mol. The molecular formula is C24H24ClN3O3. The van der Waals surface area contributed by atoms with Crippen LogP contribution in [-0.4, -0.2) is 60.0 Å². The van der Waals surface area contributed by atoms with Gasteiger partial charge in [0.1, 0.15) is 17.9 Å². The first-order valence-electron chi connectivity index (χ1n) is 10.3. The lowest BCUT2D eigenvalue weighted by Gasteiger charge is -2.34. The van der Waals surface area contributed by atoms with Crippen LogP contribution in [0, 0.1) is 0 Å². The smallest absolute Gasteiger partial charge is 0.261 e. The van der Waals surface area contributed by atoms with Crippen LogP contribution in [0.4, 0.5) is 0 Å². The molecule has 31 heavy (non-hydrogen) atoms. The van der Waals surface area contributed by atoms with Gasteiger partial charge in [-0.05, 0) is 42.0 Å². The molecule has 4 rings (SSSR count). The molecule has 0 bridgehead atoms. The van der Waals surface area contributed by atoms with Crippen molar-refractivity contribution < 1.29 is 9.53 Å². The standard InChI is InChI=1S/C24H24ClN3O3/c25-19-6-8-20(9-7-19)31-17-16-27-12-14-28(15-13-27)24(30)21-10-11-22(26-23(21)29)18-4-2-1-3-5-18/h1-11H,12-17H2,(H,26,29). The van der Waals surface area contributed by atoms with Crippen LogP contribution in [0.15, 0.2) is 71.5 Å². The molecule has 2 heterocycles. The van der Waals surface area contributed by atoms with Crippen molar-refractivity contribution in [2.75, 3.05) is 39.3 Å². The summed E-state index contributed by atoms with van der Waals surface area (Å²) in [5, 5.41) is 0.682. The number of nitrogens with zero attached hydrogens (tertiary/aromatic N) is 2. The maximum Gasteiger partial charge on any atom is 0.261 e. The summed E-state index contributed by atoms with van der Waals surface area (Å²) in [5.74, 6) is 0.564. The Hall–Kier alpha value is -3.09. The molecule has 1 N–H and O–H groups in total. The Morgan fingerprint density at radius 3 is 2.32 bits per heavy atom. The number of ether oxygens (including phenoxy) is 1. The van der Waals surface area contributed by atoms with Gasteiger partial charge in [-0.2, -0.15) is 0 Å². The van der Waals surface area contributed by atoms with Crippen molar-refractivity contribution in [3.8, 4) is 17.0 Å². The summed E-state index contributed by atoms with van der Waals surface area (Å²) in [6, 6.07) is 20.3. The van der Waals surface area contributed by atoms with E-state index in [2.05, 4.69) is 9.88 Å². The Morgan fingerprint density at radius 2 is 1.65 bits per heavy atom. The summed E-state index contributed by atoms with van der Waals surface area (Å²) >= 11 is 5.88. The third-order valence-corrected chi connectivity index (χ3v) is 5.63. The number of carbonyl (C=O) groups excluding carboxylic acids is 1. The topological polar surface area (TPSA) is 65.6 Å². The molecule has 160 valence electrons. The predicted octanol–water partition coefficient (Wildman–Crippen LogP) is 3.53. The van der Waals surface area contributed by atoms with E-state index < -0.39 is 0 Å². The minimum Gasteiger partial charge on any atom is -0.492 e. The number of pyridine rings is 1. The van der Waals surface area contributed by atoms with Crippen LogP contribution in [0.5, 0.6) is 5.75 Å². The minimum atomic E-state index is -0.356. The SMILES string of the molecule is O=C(c1ccc(-c2ccccc2)[nH]c1=O)N1CCN(CCOc2ccc(Cl)cc2)CC1. The molecule has 7 heteroatoms. The van der Waals surface area contributed by atoms with Gasteiger partial charge in [-0.3, -0.25) is 14.5 Å². The lowest BCUT2D eigenvalue weighted by atomic mass is 10.1. The van der Waals surface area contributed by atoms with Crippen molar-refractivity contribution in [2.24, 2.45) is 0 Å². The van der Waals surface area contributed by atoms with E-state index in [0.29, 0.717) is 30.4 Å². The predicted molar refractivity (Wildman–Crippen MR) is 122 cm³/mol. The number of carbonyl (C=O) groups is 1. The molecule has 2 aromatic carbocycles. The molecule has 1 fully saturated rings. The Kier molecular flexibility index (Phi) is 6.70. The van der Waals surface area contributed by atoms with Gasteiger partial charge < -0.3 is 14.6 Å². The number of aromatic nitrogens is 1. The van der Waals surface area contributed by atoms with Gasteiger partial charge in [0.2, 0.25) is 0 Å². The Balaban J connectivity index is 1.29. The van der Waals surface area contributed by atoms with E-state index in [1.165, 1.54) is 0 Å². The number of H-pyrrole nitrogens is 1. The van der Waals surface area contributed by atoms with E-state index in [9.17, 15) is 9.59 Å². The third-order valence-electron chi connectivity index (χ3n) is 5.37. The minimum absolute atomic E-state index is 0.180. The van der Waals surface area contributed by atoms with E-state index >= 15 is 0 Å². The molecule has 0 aliphatic carbocycles. The van der Waals surface area contributed by atoms with Gasteiger partial charge in [0.05, 0.1) is 0 Å². The third kappa shape index (κ3) is 5.34. The van der Waals surface area contributed by atoms with Gasteiger partial charge in [0.25, 0.3) is 11.5 Å². The summed E-state index contributed by atoms with van der Waals surface area (Å²) in [5.41, 5.74) is 1.44. The largest absolute Gasteiger partial charge is 0.492 e. The molecule has 0 unspecified atom stereocenters. The lowest BCUT2D eigenvalue weighted by molar-refractivity contribution is 0.0618. The highest BCUT2D eigenvalue weighted by Gasteiger charge is 2.24. The van der Waals surface area contributed by atoms with Gasteiger partial charge in [0, 0.05) is 43.4 Å². The average Bonchev–Trinajstić information content (AvgIpc) is 2.81. The molecule has 3 aromatic rings. The summed E-state index contributed by atoms with van der Waals surface area (Å²) in [4.78, 5) is 32.2. The lowest BCUT2D eigenvalue weighted by Crippen LogP contribution is -2.50. The number of rotatable bonds is 6. The highest BCUT2D eigenvalue weighted by atomic mass is 35.5. The quantitative estimate of drug-likeness (QED) is 0.640. The van der Waals surface area contributed by atoms with Crippen LogP contribution in [0.25, 0.3) is 11.3 Å². The van der Waals surface area contributed by atoms with Gasteiger partial charge in [-0.25, -0.2) is 0 Å². The molecule has 0 spiro atoms. The second kappa shape index (κ2) is 9.81. The van der Waals surface area contributed by atoms with Crippen molar-refractivity contribution in [1.29, 1.82) is 0 Å². The molecule has 1 saturated heterocycles. The summed E-state index contributed by atoms with van der Waals surface area (Å²) < 4.78 is 5.74. The summed E-state index contributed by atoms with van der Waals surface area (Å²) in [6.07, 6.45) is 0. The first kappa shape index (κ1) is 21.2. The van der Waals surface area contributed by atoms with Crippen molar-refractivity contribution >= 4 is 17.5 Å². The molecule has 1 aliphatic heterocycles. The second-order valence-corrected chi connectivity index (χ2v) is 7.85. The van der Waals surface area contributed by atoms with E-state index in [-0.39, 0.29) is 17.0 Å². The number of hydrogen-bond acceptors (Lipinski definition) is 4. The van der Waals surface area contributed by atoms with Gasteiger partial charge in [-0.1, -0.05) is 41.9 Å². The highest BCUT2D eigenvalue weighted by molar-refractivity contribution is 6.30. The van der Waals surface area contributed by atoms with Crippen LogP contribution < -0.4 is 10.3 Å². The molecule has 1 amide bonds. The Bertz CT molecular complexity index is 1080. The molecule has 1 aromatic heterocycles. The Morgan fingerprint density at radius 1 is 0.935 bits per heavy atom. The second-order valence-electron chi connectivity index (χ2n) is 7.42. The molecule has 1 aliphatic rings. The maximum atomic E-state index is 12.9. The van der Waals surface area contributed by atoms with E-state index in [4.69, 9.17) is 16.3 Å². The number of aromatic amines is 1. The van der Waals surface area contributed by atoms with Crippen molar-refractivity contribution in [3.63, 3.8) is 0 Å². The number of benzene rings is 2. The fourth-order valence-corrected chi connectivity index (χ4v) is 3.72. The van der Waals surface area contributed by atoms with E-state index in [1.54, 1.807) is 29.2 Å². The van der Waals surface area contributed by atoms with Crippen LogP contribution >= 0.6 is 11.6 Å². The first-order valence-corrected chi connectivity index (χ1v) is 10.7. The summed E-state index contributed by atoms with van der Waals surface area (Å²) in [7, 11) is 0. The van der Waals surface area contributed by atoms with Crippen LogP contribution in [0.2, 0.25) is 5.02 Å². The number of amides is 1.